The lowest BCUT2D eigenvalue weighted by Crippen LogP contribution is -1.92. The van der Waals surface area contributed by atoms with Crippen LogP contribution in [0, 0.1) is 0 Å². The summed E-state index contributed by atoms with van der Waals surface area (Å²) in [7, 11) is 0. The topological polar surface area (TPSA) is 0 Å². The normalized spacial score (nSPS) is 11.5. The van der Waals surface area contributed by atoms with Crippen LogP contribution < -0.4 is 0 Å². The summed E-state index contributed by atoms with van der Waals surface area (Å²) in [6, 6.07) is 75.6. The van der Waals surface area contributed by atoms with E-state index in [-0.39, 0.29) is 0 Å². The lowest BCUT2D eigenvalue weighted by Gasteiger charge is -2.19. The van der Waals surface area contributed by atoms with Crippen LogP contribution in [0.4, 0.5) is 0 Å². The molecule has 0 bridgehead atoms. The van der Waals surface area contributed by atoms with E-state index in [9.17, 15) is 0 Å². The fourth-order valence-electron chi connectivity index (χ4n) is 8.21. The number of rotatable bonds is 5. The van der Waals surface area contributed by atoms with Crippen molar-refractivity contribution in [1.29, 1.82) is 0 Å². The lowest BCUT2D eigenvalue weighted by molar-refractivity contribution is 1.58. The predicted octanol–water partition coefficient (Wildman–Crippen LogP) is 14.6. The molecule has 0 atom stereocenters. The molecule has 0 aliphatic carbocycles. The Bertz CT molecular complexity index is 2870. The van der Waals surface area contributed by atoms with E-state index < -0.39 is 0 Å². The summed E-state index contributed by atoms with van der Waals surface area (Å²) < 4.78 is 0. The SMILES string of the molecule is c1ccc(-c2c3ccccc3c(-c3ccc(-c4ccc5ccccc5c4)c(-c4ccc(-c5cccc6ccccc56)cc4)c3)c3ccccc23)cc1. The van der Waals surface area contributed by atoms with E-state index in [4.69, 9.17) is 0 Å². The van der Waals surface area contributed by atoms with E-state index in [0.717, 1.165) is 0 Å². The van der Waals surface area contributed by atoms with Gasteiger partial charge in [0.25, 0.3) is 0 Å². The van der Waals surface area contributed by atoms with Gasteiger partial charge in [0, 0.05) is 0 Å². The van der Waals surface area contributed by atoms with E-state index in [0.29, 0.717) is 0 Å². The van der Waals surface area contributed by atoms with Crippen molar-refractivity contribution < 1.29 is 0 Å². The van der Waals surface area contributed by atoms with Crippen LogP contribution in [0.5, 0.6) is 0 Å². The summed E-state index contributed by atoms with van der Waals surface area (Å²) in [5.41, 5.74) is 12.3. The third-order valence-electron chi connectivity index (χ3n) is 10.7. The van der Waals surface area contributed by atoms with Gasteiger partial charge in [-0.05, 0) is 111 Å². The molecule has 0 radical (unpaired) electrons. The van der Waals surface area contributed by atoms with Gasteiger partial charge in [-0.1, -0.05) is 194 Å². The monoisotopic (exact) mass is 658 g/mol. The fraction of sp³-hybridized carbons (Fsp3) is 0. The van der Waals surface area contributed by atoms with E-state index in [2.05, 4.69) is 206 Å². The maximum atomic E-state index is 2.42. The Kier molecular flexibility index (Phi) is 7.25. The van der Waals surface area contributed by atoms with Crippen LogP contribution in [0.1, 0.15) is 0 Å². The highest BCUT2D eigenvalue weighted by molar-refractivity contribution is 6.21. The molecule has 10 aromatic rings. The highest BCUT2D eigenvalue weighted by Gasteiger charge is 2.18. The fourth-order valence-corrected chi connectivity index (χ4v) is 8.21. The first-order valence-corrected chi connectivity index (χ1v) is 18.0. The van der Waals surface area contributed by atoms with E-state index in [1.165, 1.54) is 98.7 Å². The molecule has 0 spiro atoms. The second kappa shape index (κ2) is 12.5. The van der Waals surface area contributed by atoms with Gasteiger partial charge in [0.2, 0.25) is 0 Å². The first-order chi connectivity index (χ1) is 25.8. The summed E-state index contributed by atoms with van der Waals surface area (Å²) >= 11 is 0. The number of fused-ring (bicyclic) bond motifs is 4. The molecule has 0 saturated heterocycles. The number of benzene rings is 10. The maximum Gasteiger partial charge on any atom is -0.00261 e. The molecule has 0 heteroatoms. The Morgan fingerprint density at radius 2 is 0.673 bits per heavy atom. The molecule has 242 valence electrons. The van der Waals surface area contributed by atoms with Crippen molar-refractivity contribution in [2.75, 3.05) is 0 Å². The molecule has 0 aliphatic rings. The highest BCUT2D eigenvalue weighted by Crippen LogP contribution is 2.46. The molecule has 0 nitrogen and oxygen atoms in total. The zero-order chi connectivity index (χ0) is 34.4. The summed E-state index contributed by atoms with van der Waals surface area (Å²) in [6.45, 7) is 0. The van der Waals surface area contributed by atoms with Gasteiger partial charge in [-0.25, -0.2) is 0 Å². The minimum atomic E-state index is 1.20. The molecule has 0 aromatic heterocycles. The zero-order valence-electron chi connectivity index (χ0n) is 28.6. The molecule has 10 rings (SSSR count). The van der Waals surface area contributed by atoms with Crippen molar-refractivity contribution in [3.8, 4) is 55.6 Å². The molecule has 52 heavy (non-hydrogen) atoms. The van der Waals surface area contributed by atoms with Crippen LogP contribution in [-0.4, -0.2) is 0 Å². The van der Waals surface area contributed by atoms with E-state index >= 15 is 0 Å². The Balaban J connectivity index is 1.21. The summed E-state index contributed by atoms with van der Waals surface area (Å²) in [5, 5.41) is 10.1. The van der Waals surface area contributed by atoms with Crippen molar-refractivity contribution in [2.24, 2.45) is 0 Å². The van der Waals surface area contributed by atoms with Gasteiger partial charge in [0.1, 0.15) is 0 Å². The van der Waals surface area contributed by atoms with Crippen molar-refractivity contribution in [1.82, 2.24) is 0 Å². The van der Waals surface area contributed by atoms with Crippen LogP contribution in [0.15, 0.2) is 206 Å². The molecular formula is C52H34. The van der Waals surface area contributed by atoms with E-state index in [1.807, 2.05) is 0 Å². The van der Waals surface area contributed by atoms with Gasteiger partial charge in [0.05, 0.1) is 0 Å². The van der Waals surface area contributed by atoms with Gasteiger partial charge in [-0.15, -0.1) is 0 Å². The van der Waals surface area contributed by atoms with Crippen molar-refractivity contribution >= 4 is 43.1 Å². The molecule has 0 aliphatic heterocycles. The Morgan fingerprint density at radius 1 is 0.192 bits per heavy atom. The molecule has 10 aromatic carbocycles. The van der Waals surface area contributed by atoms with E-state index in [1.54, 1.807) is 0 Å². The standard InChI is InChI=1S/C52H34/c1-2-15-39(16-3-1)51-46-20-8-10-22-48(46)52(49-23-11-9-21-47(49)51)42-31-32-45(41-30-25-35-13-4-5-17-40(35)33-41)50(34-42)38-28-26-37(27-29-38)44-24-12-18-36-14-6-7-19-43(36)44/h1-34H. The number of hydrogen-bond acceptors (Lipinski definition) is 0. The van der Waals surface area contributed by atoms with Crippen molar-refractivity contribution in [3.63, 3.8) is 0 Å². The van der Waals surface area contributed by atoms with Gasteiger partial charge >= 0.3 is 0 Å². The van der Waals surface area contributed by atoms with Gasteiger partial charge < -0.3 is 0 Å². The first kappa shape index (κ1) is 30.1. The molecule has 0 saturated carbocycles. The molecule has 0 heterocycles. The molecule has 0 N–H and O–H groups in total. The van der Waals surface area contributed by atoms with Crippen LogP contribution >= 0.6 is 0 Å². The van der Waals surface area contributed by atoms with Crippen molar-refractivity contribution in [3.05, 3.63) is 206 Å². The highest BCUT2D eigenvalue weighted by atomic mass is 14.2. The minimum absolute atomic E-state index is 1.20. The molecular weight excluding hydrogens is 625 g/mol. The predicted molar refractivity (Wildman–Crippen MR) is 224 cm³/mol. The van der Waals surface area contributed by atoms with Crippen LogP contribution in [-0.2, 0) is 0 Å². The Morgan fingerprint density at radius 3 is 1.35 bits per heavy atom. The van der Waals surface area contributed by atoms with Crippen LogP contribution in [0.2, 0.25) is 0 Å². The molecule has 0 unspecified atom stereocenters. The zero-order valence-corrected chi connectivity index (χ0v) is 28.6. The third-order valence-corrected chi connectivity index (χ3v) is 10.7. The average Bonchev–Trinajstić information content (AvgIpc) is 3.22. The lowest BCUT2D eigenvalue weighted by atomic mass is 9.84. The maximum absolute atomic E-state index is 2.42. The summed E-state index contributed by atoms with van der Waals surface area (Å²) in [4.78, 5) is 0. The van der Waals surface area contributed by atoms with Crippen molar-refractivity contribution in [2.45, 2.75) is 0 Å². The quantitative estimate of drug-likeness (QED) is 0.161. The third kappa shape index (κ3) is 5.08. The smallest absolute Gasteiger partial charge is 0.00261 e. The summed E-state index contributed by atoms with van der Waals surface area (Å²) in [5.74, 6) is 0. The largest absolute Gasteiger partial charge is 0.0622 e. The Labute approximate surface area is 303 Å². The Hall–Kier alpha value is -6.76. The summed E-state index contributed by atoms with van der Waals surface area (Å²) in [6.07, 6.45) is 0. The van der Waals surface area contributed by atoms with Crippen LogP contribution in [0.25, 0.3) is 98.7 Å². The first-order valence-electron chi connectivity index (χ1n) is 18.0. The second-order valence-corrected chi connectivity index (χ2v) is 13.6. The van der Waals surface area contributed by atoms with Gasteiger partial charge in [0.15, 0.2) is 0 Å². The van der Waals surface area contributed by atoms with Gasteiger partial charge in [-0.3, -0.25) is 0 Å². The second-order valence-electron chi connectivity index (χ2n) is 13.6. The van der Waals surface area contributed by atoms with Gasteiger partial charge in [-0.2, -0.15) is 0 Å². The minimum Gasteiger partial charge on any atom is -0.0622 e. The average molecular weight is 659 g/mol. The molecule has 0 fully saturated rings. The van der Waals surface area contributed by atoms with Crippen LogP contribution in [0.3, 0.4) is 0 Å². The number of hydrogen-bond donors (Lipinski definition) is 0. The molecule has 0 amide bonds.